The molecule has 3 rings (SSSR count). The van der Waals surface area contributed by atoms with E-state index in [1.165, 1.54) is 6.08 Å². The van der Waals surface area contributed by atoms with Crippen LogP contribution in [0, 0.1) is 0 Å². The molecule has 1 unspecified atom stereocenters. The van der Waals surface area contributed by atoms with Gasteiger partial charge in [0.05, 0.1) is 5.60 Å². The Labute approximate surface area is 127 Å². The van der Waals surface area contributed by atoms with E-state index >= 15 is 0 Å². The molecule has 1 aliphatic heterocycles. The van der Waals surface area contributed by atoms with Gasteiger partial charge < -0.3 is 14.8 Å². The normalized spacial score (nSPS) is 22.1. The third-order valence-electron chi connectivity index (χ3n) is 3.52. The number of benzene rings is 1. The number of fused-ring (bicyclic) bond motifs is 1. The molecule has 1 aromatic carbocycles. The number of aliphatic hydroxyl groups is 1. The second-order valence-electron chi connectivity index (χ2n) is 5.26. The van der Waals surface area contributed by atoms with E-state index in [0.717, 1.165) is 23.1 Å². The summed E-state index contributed by atoms with van der Waals surface area (Å²) in [5, 5.41) is 13.9. The summed E-state index contributed by atoms with van der Waals surface area (Å²) in [5.74, 6) is 2.05. The van der Waals surface area contributed by atoms with Crippen molar-refractivity contribution in [1.29, 1.82) is 0 Å². The summed E-state index contributed by atoms with van der Waals surface area (Å²) in [7, 11) is 0. The number of para-hydroxylation sites is 1. The maximum Gasteiger partial charge on any atom is 0.244 e. The Morgan fingerprint density at radius 2 is 2.33 bits per heavy atom. The number of furan rings is 1. The minimum atomic E-state index is -0.756. The number of nitrogens with one attached hydrogen (secondary N) is 1. The van der Waals surface area contributed by atoms with E-state index in [2.05, 4.69) is 5.32 Å². The number of hydrogen-bond acceptors (Lipinski definition) is 4. The van der Waals surface area contributed by atoms with Gasteiger partial charge in [0.1, 0.15) is 11.3 Å². The Morgan fingerprint density at radius 3 is 3.10 bits per heavy atom. The standard InChI is InChI=1S/C16H17NO3S/c18-15(17-10-16(19)7-8-21-11-16)6-5-13-9-12-3-1-2-4-14(12)20-13/h1-6,9,19H,7-8,10-11H2,(H,17,18). The molecule has 1 atom stereocenters. The number of carbonyl (C=O) groups is 1. The average molecular weight is 303 g/mol. The summed E-state index contributed by atoms with van der Waals surface area (Å²) < 4.78 is 5.60. The van der Waals surface area contributed by atoms with Crippen molar-refractivity contribution in [3.63, 3.8) is 0 Å². The fraction of sp³-hybridized carbons (Fsp3) is 0.312. The van der Waals surface area contributed by atoms with Crippen LogP contribution in [0.15, 0.2) is 40.8 Å². The monoisotopic (exact) mass is 303 g/mol. The van der Waals surface area contributed by atoms with E-state index in [0.29, 0.717) is 18.1 Å². The maximum atomic E-state index is 11.8. The molecule has 2 aromatic rings. The molecule has 0 bridgehead atoms. The van der Waals surface area contributed by atoms with Gasteiger partial charge in [0.25, 0.3) is 0 Å². The molecule has 110 valence electrons. The van der Waals surface area contributed by atoms with Gasteiger partial charge >= 0.3 is 0 Å². The third-order valence-corrected chi connectivity index (χ3v) is 4.75. The molecule has 5 heteroatoms. The van der Waals surface area contributed by atoms with E-state index in [-0.39, 0.29) is 5.91 Å². The van der Waals surface area contributed by atoms with Crippen LogP contribution in [-0.4, -0.2) is 34.7 Å². The van der Waals surface area contributed by atoms with Crippen LogP contribution in [0.2, 0.25) is 0 Å². The van der Waals surface area contributed by atoms with E-state index in [1.54, 1.807) is 17.8 Å². The van der Waals surface area contributed by atoms with E-state index < -0.39 is 5.60 Å². The number of rotatable bonds is 4. The summed E-state index contributed by atoms with van der Waals surface area (Å²) in [6.45, 7) is 0.295. The first-order valence-electron chi connectivity index (χ1n) is 6.89. The van der Waals surface area contributed by atoms with Gasteiger partial charge in [-0.1, -0.05) is 18.2 Å². The highest BCUT2D eigenvalue weighted by Crippen LogP contribution is 2.27. The molecule has 4 nitrogen and oxygen atoms in total. The molecular weight excluding hydrogens is 286 g/mol. The van der Waals surface area contributed by atoms with E-state index in [1.807, 2.05) is 30.3 Å². The zero-order valence-corrected chi connectivity index (χ0v) is 12.4. The number of hydrogen-bond donors (Lipinski definition) is 2. The van der Waals surface area contributed by atoms with Crippen molar-refractivity contribution in [3.05, 3.63) is 42.2 Å². The molecule has 1 saturated heterocycles. The van der Waals surface area contributed by atoms with Crippen LogP contribution in [0.5, 0.6) is 0 Å². The summed E-state index contributed by atoms with van der Waals surface area (Å²) in [6.07, 6.45) is 3.80. The molecule has 2 heterocycles. The molecule has 0 saturated carbocycles. The molecule has 0 spiro atoms. The van der Waals surface area contributed by atoms with E-state index in [4.69, 9.17) is 4.42 Å². The molecule has 0 radical (unpaired) electrons. The van der Waals surface area contributed by atoms with Crippen LogP contribution in [0.3, 0.4) is 0 Å². The molecular formula is C16H17NO3S. The topological polar surface area (TPSA) is 62.5 Å². The van der Waals surface area contributed by atoms with Crippen LogP contribution in [0.4, 0.5) is 0 Å². The lowest BCUT2D eigenvalue weighted by Crippen LogP contribution is -2.42. The van der Waals surface area contributed by atoms with Crippen molar-refractivity contribution < 1.29 is 14.3 Å². The predicted octanol–water partition coefficient (Wildman–Crippen LogP) is 2.43. The lowest BCUT2D eigenvalue weighted by atomic mass is 10.0. The highest BCUT2D eigenvalue weighted by atomic mass is 32.2. The van der Waals surface area contributed by atoms with Crippen molar-refractivity contribution in [2.45, 2.75) is 12.0 Å². The summed E-state index contributed by atoms with van der Waals surface area (Å²) in [4.78, 5) is 11.8. The first-order chi connectivity index (χ1) is 10.1. The highest BCUT2D eigenvalue weighted by molar-refractivity contribution is 7.99. The Bertz CT molecular complexity index is 638. The fourth-order valence-electron chi connectivity index (χ4n) is 2.29. The minimum Gasteiger partial charge on any atom is -0.457 e. The zero-order chi connectivity index (χ0) is 14.7. The van der Waals surface area contributed by atoms with Gasteiger partial charge in [-0.25, -0.2) is 0 Å². The van der Waals surface area contributed by atoms with Crippen molar-refractivity contribution >= 4 is 34.7 Å². The summed E-state index contributed by atoms with van der Waals surface area (Å²) >= 11 is 1.71. The molecule has 0 aliphatic carbocycles. The lowest BCUT2D eigenvalue weighted by molar-refractivity contribution is -0.117. The van der Waals surface area contributed by atoms with Crippen LogP contribution in [-0.2, 0) is 4.79 Å². The summed E-state index contributed by atoms with van der Waals surface area (Å²) in [5.41, 5.74) is 0.0444. The van der Waals surface area contributed by atoms with Crippen molar-refractivity contribution in [2.75, 3.05) is 18.1 Å². The molecule has 1 aliphatic rings. The molecule has 1 fully saturated rings. The second-order valence-corrected chi connectivity index (χ2v) is 6.37. The predicted molar refractivity (Wildman–Crippen MR) is 85.1 cm³/mol. The molecule has 1 aromatic heterocycles. The van der Waals surface area contributed by atoms with Crippen LogP contribution < -0.4 is 5.32 Å². The SMILES string of the molecule is O=C(C=Cc1cc2ccccc2o1)NCC1(O)CCSC1. The Kier molecular flexibility index (Phi) is 4.03. The Balaban J connectivity index is 1.58. The van der Waals surface area contributed by atoms with Crippen molar-refractivity contribution in [2.24, 2.45) is 0 Å². The number of carbonyl (C=O) groups excluding carboxylic acids is 1. The van der Waals surface area contributed by atoms with Gasteiger partial charge in [-0.3, -0.25) is 4.79 Å². The number of thioether (sulfide) groups is 1. The minimum absolute atomic E-state index is 0.221. The molecule has 2 N–H and O–H groups in total. The lowest BCUT2D eigenvalue weighted by Gasteiger charge is -2.20. The Hall–Kier alpha value is -1.72. The van der Waals surface area contributed by atoms with Gasteiger partial charge in [-0.05, 0) is 30.4 Å². The average Bonchev–Trinajstić information content (AvgIpc) is 3.09. The van der Waals surface area contributed by atoms with Crippen LogP contribution in [0.25, 0.3) is 17.0 Å². The molecule has 21 heavy (non-hydrogen) atoms. The number of amides is 1. The van der Waals surface area contributed by atoms with Gasteiger partial charge in [0, 0.05) is 23.8 Å². The Morgan fingerprint density at radius 1 is 1.48 bits per heavy atom. The van der Waals surface area contributed by atoms with Crippen molar-refractivity contribution in [1.82, 2.24) is 5.32 Å². The molecule has 1 amide bonds. The van der Waals surface area contributed by atoms with Crippen molar-refractivity contribution in [3.8, 4) is 0 Å². The zero-order valence-electron chi connectivity index (χ0n) is 11.5. The quantitative estimate of drug-likeness (QED) is 0.852. The van der Waals surface area contributed by atoms with Crippen LogP contribution >= 0.6 is 11.8 Å². The third kappa shape index (κ3) is 3.49. The fourth-order valence-corrected chi connectivity index (χ4v) is 3.58. The van der Waals surface area contributed by atoms with Gasteiger partial charge in [-0.15, -0.1) is 0 Å². The van der Waals surface area contributed by atoms with Gasteiger partial charge in [-0.2, -0.15) is 11.8 Å². The largest absolute Gasteiger partial charge is 0.457 e. The second kappa shape index (κ2) is 5.95. The smallest absolute Gasteiger partial charge is 0.244 e. The first-order valence-corrected chi connectivity index (χ1v) is 8.05. The summed E-state index contributed by atoms with van der Waals surface area (Å²) in [6, 6.07) is 9.59. The van der Waals surface area contributed by atoms with Crippen LogP contribution in [0.1, 0.15) is 12.2 Å². The van der Waals surface area contributed by atoms with E-state index in [9.17, 15) is 9.90 Å². The van der Waals surface area contributed by atoms with Gasteiger partial charge in [0.15, 0.2) is 0 Å². The maximum absolute atomic E-state index is 11.8. The first kappa shape index (κ1) is 14.2. The highest BCUT2D eigenvalue weighted by Gasteiger charge is 2.31. The van der Waals surface area contributed by atoms with Gasteiger partial charge in [0.2, 0.25) is 5.91 Å².